The van der Waals surface area contributed by atoms with Crippen molar-refractivity contribution in [2.75, 3.05) is 10.7 Å². The maximum atomic E-state index is 12.3. The predicted molar refractivity (Wildman–Crippen MR) is 85.8 cm³/mol. The van der Waals surface area contributed by atoms with Crippen molar-refractivity contribution >= 4 is 33.2 Å². The second-order valence-electron chi connectivity index (χ2n) is 4.66. The van der Waals surface area contributed by atoms with Crippen molar-refractivity contribution in [3.8, 4) is 0 Å². The minimum atomic E-state index is -0.199. The molecule has 0 atom stereocenters. The van der Waals surface area contributed by atoms with Gasteiger partial charge in [0, 0.05) is 10.2 Å². The molecule has 2 aromatic carbocycles. The lowest BCUT2D eigenvalue weighted by Gasteiger charge is -2.11. The van der Waals surface area contributed by atoms with Gasteiger partial charge in [-0.15, -0.1) is 0 Å². The molecule has 0 spiro atoms. The highest BCUT2D eigenvalue weighted by atomic mass is 79.9. The lowest BCUT2D eigenvalue weighted by Crippen LogP contribution is -2.17. The molecule has 5 heteroatoms. The molecule has 0 bridgehead atoms. The fourth-order valence-electron chi connectivity index (χ4n) is 1.98. The van der Waals surface area contributed by atoms with E-state index >= 15 is 0 Å². The molecule has 0 heterocycles. The first kappa shape index (κ1) is 14.6. The van der Waals surface area contributed by atoms with Gasteiger partial charge in [0.1, 0.15) is 0 Å². The van der Waals surface area contributed by atoms with E-state index in [1.54, 1.807) is 6.07 Å². The molecule has 0 fully saturated rings. The van der Waals surface area contributed by atoms with Gasteiger partial charge < -0.3 is 10.7 Å². The molecule has 0 aliphatic carbocycles. The average Bonchev–Trinajstić information content (AvgIpc) is 2.37. The van der Waals surface area contributed by atoms with E-state index in [0.29, 0.717) is 11.3 Å². The van der Waals surface area contributed by atoms with Crippen LogP contribution in [0.2, 0.25) is 0 Å². The van der Waals surface area contributed by atoms with Crippen LogP contribution in [-0.4, -0.2) is 5.91 Å². The maximum absolute atomic E-state index is 12.3. The smallest absolute Gasteiger partial charge is 0.257 e. The van der Waals surface area contributed by atoms with Crippen molar-refractivity contribution in [2.45, 2.75) is 13.8 Å². The van der Waals surface area contributed by atoms with Crippen LogP contribution in [0.25, 0.3) is 0 Å². The highest BCUT2D eigenvalue weighted by molar-refractivity contribution is 9.10. The summed E-state index contributed by atoms with van der Waals surface area (Å²) in [5.41, 5.74) is 6.51. The van der Waals surface area contributed by atoms with Crippen LogP contribution in [-0.2, 0) is 0 Å². The summed E-state index contributed by atoms with van der Waals surface area (Å²) in [6.07, 6.45) is 0. The largest absolute Gasteiger partial charge is 0.323 e. The molecular formula is C15H16BrN3O. The van der Waals surface area contributed by atoms with E-state index in [1.165, 1.54) is 0 Å². The summed E-state index contributed by atoms with van der Waals surface area (Å²) in [6.45, 7) is 3.92. The zero-order valence-electron chi connectivity index (χ0n) is 11.3. The Kier molecular flexibility index (Phi) is 4.42. The van der Waals surface area contributed by atoms with Crippen LogP contribution >= 0.6 is 15.9 Å². The zero-order valence-corrected chi connectivity index (χ0v) is 12.9. The number of nitrogen functional groups attached to an aromatic ring is 1. The minimum absolute atomic E-state index is 0.199. The van der Waals surface area contributed by atoms with Gasteiger partial charge in [0.05, 0.1) is 11.3 Å². The third kappa shape index (κ3) is 3.37. The number of carbonyl (C=O) groups excluding carboxylic acids is 1. The monoisotopic (exact) mass is 333 g/mol. The van der Waals surface area contributed by atoms with Crippen molar-refractivity contribution in [2.24, 2.45) is 5.84 Å². The van der Waals surface area contributed by atoms with Crippen LogP contribution in [0.4, 0.5) is 11.4 Å². The fourth-order valence-corrected chi connectivity index (χ4v) is 2.59. The number of hydrogen-bond acceptors (Lipinski definition) is 3. The van der Waals surface area contributed by atoms with Gasteiger partial charge in [0.2, 0.25) is 0 Å². The number of nitrogens with one attached hydrogen (secondary N) is 2. The number of rotatable bonds is 3. The lowest BCUT2D eigenvalue weighted by atomic mass is 10.1. The van der Waals surface area contributed by atoms with Gasteiger partial charge in [-0.25, -0.2) is 0 Å². The molecule has 0 saturated heterocycles. The van der Waals surface area contributed by atoms with E-state index in [1.807, 2.05) is 44.2 Å². The van der Waals surface area contributed by atoms with Gasteiger partial charge >= 0.3 is 0 Å². The van der Waals surface area contributed by atoms with Gasteiger partial charge in [0.25, 0.3) is 5.91 Å². The highest BCUT2D eigenvalue weighted by Gasteiger charge is 2.11. The van der Waals surface area contributed by atoms with E-state index in [4.69, 9.17) is 5.84 Å². The molecule has 20 heavy (non-hydrogen) atoms. The van der Waals surface area contributed by atoms with Crippen molar-refractivity contribution < 1.29 is 4.79 Å². The summed E-state index contributed by atoms with van der Waals surface area (Å²) in [5.74, 6) is 5.26. The van der Waals surface area contributed by atoms with Crippen LogP contribution in [0.15, 0.2) is 40.9 Å². The van der Waals surface area contributed by atoms with E-state index in [-0.39, 0.29) is 5.91 Å². The Balaban J connectivity index is 2.28. The maximum Gasteiger partial charge on any atom is 0.257 e. The van der Waals surface area contributed by atoms with Gasteiger partial charge in [-0.05, 0) is 55.3 Å². The number of hydrogen-bond donors (Lipinski definition) is 3. The van der Waals surface area contributed by atoms with Crippen LogP contribution in [0.5, 0.6) is 0 Å². The summed E-state index contributed by atoms with van der Waals surface area (Å²) in [7, 11) is 0. The molecule has 0 aromatic heterocycles. The van der Waals surface area contributed by atoms with Gasteiger partial charge in [0.15, 0.2) is 0 Å². The molecule has 0 saturated carbocycles. The molecule has 1 amide bonds. The van der Waals surface area contributed by atoms with E-state index < -0.39 is 0 Å². The Bertz CT molecular complexity index is 635. The first-order valence-electron chi connectivity index (χ1n) is 6.15. The fraction of sp³-hybridized carbons (Fsp3) is 0.133. The van der Waals surface area contributed by atoms with E-state index in [2.05, 4.69) is 26.7 Å². The molecule has 2 aromatic rings. The molecule has 2 rings (SSSR count). The lowest BCUT2D eigenvalue weighted by molar-refractivity contribution is 0.102. The highest BCUT2D eigenvalue weighted by Crippen LogP contribution is 2.22. The molecule has 4 N–H and O–H groups in total. The van der Waals surface area contributed by atoms with Gasteiger partial charge in [-0.2, -0.15) is 0 Å². The van der Waals surface area contributed by atoms with Crippen molar-refractivity contribution in [1.29, 1.82) is 0 Å². The summed E-state index contributed by atoms with van der Waals surface area (Å²) < 4.78 is 0.925. The number of amides is 1. The Hall–Kier alpha value is -1.85. The third-order valence-corrected chi connectivity index (χ3v) is 3.33. The average molecular weight is 334 g/mol. The Morgan fingerprint density at radius 2 is 1.85 bits per heavy atom. The van der Waals surface area contributed by atoms with Crippen LogP contribution in [0.1, 0.15) is 21.5 Å². The second-order valence-corrected chi connectivity index (χ2v) is 5.58. The SMILES string of the molecule is Cc1cc(Br)cc(NC(=O)c2ccc(C)cc2NN)c1. The number of hydrazine groups is 1. The van der Waals surface area contributed by atoms with E-state index in [9.17, 15) is 4.79 Å². The van der Waals surface area contributed by atoms with Crippen molar-refractivity contribution in [3.05, 3.63) is 57.6 Å². The quantitative estimate of drug-likeness (QED) is 0.593. The number of aryl methyl sites for hydroxylation is 2. The topological polar surface area (TPSA) is 67.2 Å². The summed E-state index contributed by atoms with van der Waals surface area (Å²) in [5, 5.41) is 2.87. The molecule has 0 aliphatic rings. The Labute approximate surface area is 126 Å². The molecule has 4 nitrogen and oxygen atoms in total. The number of nitrogens with two attached hydrogens (primary N) is 1. The number of carbonyl (C=O) groups is 1. The number of halogens is 1. The Morgan fingerprint density at radius 3 is 2.50 bits per heavy atom. The molecule has 0 radical (unpaired) electrons. The number of benzene rings is 2. The van der Waals surface area contributed by atoms with Crippen LogP contribution in [0, 0.1) is 13.8 Å². The van der Waals surface area contributed by atoms with E-state index in [0.717, 1.165) is 21.3 Å². The van der Waals surface area contributed by atoms with Crippen molar-refractivity contribution in [1.82, 2.24) is 0 Å². The number of anilines is 2. The zero-order chi connectivity index (χ0) is 14.7. The van der Waals surface area contributed by atoms with Crippen LogP contribution in [0.3, 0.4) is 0 Å². The Morgan fingerprint density at radius 1 is 1.10 bits per heavy atom. The molecular weight excluding hydrogens is 318 g/mol. The van der Waals surface area contributed by atoms with Crippen LogP contribution < -0.4 is 16.6 Å². The normalized spacial score (nSPS) is 10.2. The summed E-state index contributed by atoms with van der Waals surface area (Å²) in [4.78, 5) is 12.3. The third-order valence-electron chi connectivity index (χ3n) is 2.88. The summed E-state index contributed by atoms with van der Waals surface area (Å²) >= 11 is 3.41. The standard InChI is InChI=1S/C15H16BrN3O/c1-9-3-4-13(14(7-9)19-17)15(20)18-12-6-10(2)5-11(16)8-12/h3-8,19H,17H2,1-2H3,(H,18,20). The molecule has 0 unspecified atom stereocenters. The van der Waals surface area contributed by atoms with Gasteiger partial charge in [-0.3, -0.25) is 10.6 Å². The first-order valence-corrected chi connectivity index (χ1v) is 6.94. The molecule has 0 aliphatic heterocycles. The summed E-state index contributed by atoms with van der Waals surface area (Å²) in [6, 6.07) is 11.2. The first-order chi connectivity index (χ1) is 9.49. The minimum Gasteiger partial charge on any atom is -0.323 e. The molecule has 104 valence electrons. The van der Waals surface area contributed by atoms with Gasteiger partial charge in [-0.1, -0.05) is 22.0 Å². The predicted octanol–water partition coefficient (Wildman–Crippen LogP) is 3.60. The second kappa shape index (κ2) is 6.07. The van der Waals surface area contributed by atoms with Crippen molar-refractivity contribution in [3.63, 3.8) is 0 Å².